The van der Waals surface area contributed by atoms with Crippen LogP contribution in [0, 0.1) is 11.8 Å². The Bertz CT molecular complexity index is 209. The van der Waals surface area contributed by atoms with Crippen molar-refractivity contribution in [2.24, 2.45) is 11.8 Å². The quantitative estimate of drug-likeness (QED) is 0.696. The van der Waals surface area contributed by atoms with Crippen LogP contribution >= 0.6 is 0 Å². The van der Waals surface area contributed by atoms with Crippen LogP contribution in [-0.2, 0) is 9.53 Å². The lowest BCUT2D eigenvalue weighted by Gasteiger charge is -2.20. The van der Waals surface area contributed by atoms with Crippen molar-refractivity contribution < 1.29 is 9.53 Å². The number of carbonyl (C=O) groups excluding carboxylic acids is 1. The molecule has 0 saturated carbocycles. The molecule has 1 aliphatic heterocycles. The molecular weight excluding hydrogens is 192 g/mol. The van der Waals surface area contributed by atoms with Crippen LogP contribution in [0.5, 0.6) is 0 Å². The van der Waals surface area contributed by atoms with Crippen molar-refractivity contribution >= 4 is 5.91 Å². The highest BCUT2D eigenvalue weighted by Crippen LogP contribution is 2.16. The van der Waals surface area contributed by atoms with Crippen LogP contribution in [0.15, 0.2) is 0 Å². The summed E-state index contributed by atoms with van der Waals surface area (Å²) in [4.78, 5) is 11.9. The van der Waals surface area contributed by atoms with E-state index in [4.69, 9.17) is 4.74 Å². The molecule has 4 nitrogen and oxygen atoms in total. The Morgan fingerprint density at radius 2 is 2.33 bits per heavy atom. The van der Waals surface area contributed by atoms with Crippen LogP contribution in [0.4, 0.5) is 0 Å². The number of methoxy groups -OCH3 is 1. The summed E-state index contributed by atoms with van der Waals surface area (Å²) in [5.74, 6) is 0.720. The Hall–Kier alpha value is -0.610. The Balaban J connectivity index is 2.39. The highest BCUT2D eigenvalue weighted by Gasteiger charge is 2.30. The zero-order valence-electron chi connectivity index (χ0n) is 9.88. The summed E-state index contributed by atoms with van der Waals surface area (Å²) in [5, 5.41) is 6.27. The number of hydrogen-bond acceptors (Lipinski definition) is 3. The smallest absolute Gasteiger partial charge is 0.225 e. The molecule has 1 saturated heterocycles. The van der Waals surface area contributed by atoms with E-state index in [0.29, 0.717) is 12.5 Å². The second kappa shape index (κ2) is 6.08. The highest BCUT2D eigenvalue weighted by atomic mass is 16.5. The van der Waals surface area contributed by atoms with E-state index in [0.717, 1.165) is 19.5 Å². The summed E-state index contributed by atoms with van der Waals surface area (Å²) in [5.41, 5.74) is 0. The minimum atomic E-state index is 0.121. The minimum absolute atomic E-state index is 0.121. The molecule has 4 heteroatoms. The van der Waals surface area contributed by atoms with Crippen LogP contribution in [0.3, 0.4) is 0 Å². The first-order chi connectivity index (χ1) is 7.19. The Morgan fingerprint density at radius 3 is 2.80 bits per heavy atom. The van der Waals surface area contributed by atoms with Gasteiger partial charge in [-0.1, -0.05) is 13.8 Å². The molecule has 0 aromatic heterocycles. The number of amides is 1. The van der Waals surface area contributed by atoms with Crippen molar-refractivity contribution in [3.63, 3.8) is 0 Å². The van der Waals surface area contributed by atoms with Crippen LogP contribution in [0.25, 0.3) is 0 Å². The fourth-order valence-electron chi connectivity index (χ4n) is 1.93. The fraction of sp³-hybridized carbons (Fsp3) is 0.909. The van der Waals surface area contributed by atoms with Crippen LogP contribution in [0.1, 0.15) is 20.3 Å². The van der Waals surface area contributed by atoms with Gasteiger partial charge in [-0.05, 0) is 18.9 Å². The molecule has 1 amide bonds. The van der Waals surface area contributed by atoms with Crippen molar-refractivity contribution in [3.05, 3.63) is 0 Å². The molecule has 1 unspecified atom stereocenters. The predicted octanol–water partition coefficient (Wildman–Crippen LogP) is 0.383. The molecule has 1 heterocycles. The van der Waals surface area contributed by atoms with Gasteiger partial charge < -0.3 is 15.4 Å². The van der Waals surface area contributed by atoms with Crippen molar-refractivity contribution in [1.82, 2.24) is 10.6 Å². The topological polar surface area (TPSA) is 50.4 Å². The molecule has 1 fully saturated rings. The molecule has 0 spiro atoms. The second-order valence-corrected chi connectivity index (χ2v) is 4.31. The van der Waals surface area contributed by atoms with E-state index in [1.807, 2.05) is 0 Å². The summed E-state index contributed by atoms with van der Waals surface area (Å²) >= 11 is 0. The first kappa shape index (κ1) is 12.5. The molecule has 3 atom stereocenters. The SMILES string of the molecule is CCC(COC)NC(=O)[C@@H]1CNC[C@H]1C. The van der Waals surface area contributed by atoms with Gasteiger partial charge in [-0.15, -0.1) is 0 Å². The normalized spacial score (nSPS) is 27.7. The maximum Gasteiger partial charge on any atom is 0.225 e. The van der Waals surface area contributed by atoms with Gasteiger partial charge in [0.15, 0.2) is 0 Å². The molecule has 0 aromatic rings. The van der Waals surface area contributed by atoms with Crippen LogP contribution < -0.4 is 10.6 Å². The first-order valence-corrected chi connectivity index (χ1v) is 5.69. The Morgan fingerprint density at radius 1 is 1.60 bits per heavy atom. The van der Waals surface area contributed by atoms with E-state index in [1.165, 1.54) is 0 Å². The molecule has 1 rings (SSSR count). The lowest BCUT2D eigenvalue weighted by molar-refractivity contribution is -0.126. The summed E-state index contributed by atoms with van der Waals surface area (Å²) in [6.07, 6.45) is 0.911. The number of nitrogens with one attached hydrogen (secondary N) is 2. The summed E-state index contributed by atoms with van der Waals surface area (Å²) < 4.78 is 5.05. The average Bonchev–Trinajstić information content (AvgIpc) is 2.63. The van der Waals surface area contributed by atoms with Gasteiger partial charge in [0.25, 0.3) is 0 Å². The maximum absolute atomic E-state index is 11.9. The lowest BCUT2D eigenvalue weighted by atomic mass is 9.97. The molecular formula is C11H22N2O2. The van der Waals surface area contributed by atoms with Gasteiger partial charge in [0.05, 0.1) is 18.6 Å². The number of carbonyl (C=O) groups is 1. The first-order valence-electron chi connectivity index (χ1n) is 5.69. The van der Waals surface area contributed by atoms with Gasteiger partial charge in [0, 0.05) is 13.7 Å². The average molecular weight is 214 g/mol. The third kappa shape index (κ3) is 3.47. The van der Waals surface area contributed by atoms with E-state index in [9.17, 15) is 4.79 Å². The molecule has 0 aromatic carbocycles. The molecule has 1 aliphatic rings. The zero-order chi connectivity index (χ0) is 11.3. The third-order valence-corrected chi connectivity index (χ3v) is 3.06. The van der Waals surface area contributed by atoms with Crippen molar-refractivity contribution in [1.29, 1.82) is 0 Å². The fourth-order valence-corrected chi connectivity index (χ4v) is 1.93. The number of rotatable bonds is 5. The van der Waals surface area contributed by atoms with E-state index in [1.54, 1.807) is 7.11 Å². The Labute approximate surface area is 91.8 Å². The van der Waals surface area contributed by atoms with Crippen molar-refractivity contribution in [2.45, 2.75) is 26.3 Å². The zero-order valence-corrected chi connectivity index (χ0v) is 9.88. The predicted molar refractivity (Wildman–Crippen MR) is 59.6 cm³/mol. The lowest BCUT2D eigenvalue weighted by Crippen LogP contribution is -2.42. The highest BCUT2D eigenvalue weighted by molar-refractivity contribution is 5.79. The molecule has 15 heavy (non-hydrogen) atoms. The minimum Gasteiger partial charge on any atom is -0.383 e. The monoisotopic (exact) mass is 214 g/mol. The third-order valence-electron chi connectivity index (χ3n) is 3.06. The molecule has 2 N–H and O–H groups in total. The van der Waals surface area contributed by atoms with Crippen LogP contribution in [0.2, 0.25) is 0 Å². The molecule has 0 radical (unpaired) electrons. The van der Waals surface area contributed by atoms with Crippen molar-refractivity contribution in [3.8, 4) is 0 Å². The van der Waals surface area contributed by atoms with Crippen LogP contribution in [-0.4, -0.2) is 38.8 Å². The second-order valence-electron chi connectivity index (χ2n) is 4.31. The number of hydrogen-bond donors (Lipinski definition) is 2. The number of ether oxygens (including phenoxy) is 1. The van der Waals surface area contributed by atoms with Gasteiger partial charge in [-0.3, -0.25) is 4.79 Å². The maximum atomic E-state index is 11.9. The van der Waals surface area contributed by atoms with E-state index < -0.39 is 0 Å². The van der Waals surface area contributed by atoms with E-state index in [-0.39, 0.29) is 17.9 Å². The van der Waals surface area contributed by atoms with Gasteiger partial charge in [0.2, 0.25) is 5.91 Å². The van der Waals surface area contributed by atoms with Gasteiger partial charge >= 0.3 is 0 Å². The van der Waals surface area contributed by atoms with Crippen molar-refractivity contribution in [2.75, 3.05) is 26.8 Å². The Kier molecular flexibility index (Phi) is 5.05. The van der Waals surface area contributed by atoms with Gasteiger partial charge in [-0.25, -0.2) is 0 Å². The van der Waals surface area contributed by atoms with Gasteiger partial charge in [-0.2, -0.15) is 0 Å². The standard InChI is InChI=1S/C11H22N2O2/c1-4-9(7-15-3)13-11(14)10-6-12-5-8(10)2/h8-10,12H,4-7H2,1-3H3,(H,13,14)/t8-,9?,10-/m1/s1. The summed E-state index contributed by atoms with van der Waals surface area (Å²) in [6, 6.07) is 0.148. The molecule has 0 bridgehead atoms. The van der Waals surface area contributed by atoms with E-state index in [2.05, 4.69) is 24.5 Å². The van der Waals surface area contributed by atoms with Gasteiger partial charge in [0.1, 0.15) is 0 Å². The largest absolute Gasteiger partial charge is 0.383 e. The van der Waals surface area contributed by atoms with E-state index >= 15 is 0 Å². The molecule has 88 valence electrons. The summed E-state index contributed by atoms with van der Waals surface area (Å²) in [6.45, 7) is 6.51. The summed E-state index contributed by atoms with van der Waals surface area (Å²) in [7, 11) is 1.66. The molecule has 0 aliphatic carbocycles.